The number of ether oxygens (including phenoxy) is 1. The smallest absolute Gasteiger partial charge is 0.0695 e. The van der Waals surface area contributed by atoms with Crippen molar-refractivity contribution in [3.05, 3.63) is 0 Å². The number of nitrogens with two attached hydrogens (primary N) is 1. The van der Waals surface area contributed by atoms with Gasteiger partial charge in [0.2, 0.25) is 0 Å². The Morgan fingerprint density at radius 3 is 2.29 bits per heavy atom. The van der Waals surface area contributed by atoms with E-state index in [1.165, 1.54) is 38.6 Å². The SMILES string of the molecule is CCCN(C1CCC(N)CC1)C(C)C(C)OC. The van der Waals surface area contributed by atoms with Crippen molar-refractivity contribution in [2.75, 3.05) is 13.7 Å². The van der Waals surface area contributed by atoms with Gasteiger partial charge in [0.05, 0.1) is 6.10 Å². The first-order valence-corrected chi connectivity index (χ1v) is 7.14. The van der Waals surface area contributed by atoms with Crippen molar-refractivity contribution in [2.24, 2.45) is 5.73 Å². The molecule has 17 heavy (non-hydrogen) atoms. The molecule has 0 aromatic carbocycles. The fourth-order valence-electron chi connectivity index (χ4n) is 2.88. The number of rotatable bonds is 6. The molecule has 2 N–H and O–H groups in total. The number of hydrogen-bond donors (Lipinski definition) is 1. The van der Waals surface area contributed by atoms with Crippen molar-refractivity contribution < 1.29 is 4.74 Å². The molecule has 0 aromatic heterocycles. The summed E-state index contributed by atoms with van der Waals surface area (Å²) in [5, 5.41) is 0. The fraction of sp³-hybridized carbons (Fsp3) is 1.00. The first kappa shape index (κ1) is 14.9. The third-order valence-electron chi connectivity index (χ3n) is 4.27. The summed E-state index contributed by atoms with van der Waals surface area (Å²) in [4.78, 5) is 2.64. The maximum atomic E-state index is 5.99. The minimum atomic E-state index is 0.303. The normalized spacial score (nSPS) is 29.3. The molecule has 0 amide bonds. The first-order chi connectivity index (χ1) is 8.10. The molecule has 0 aromatic rings. The van der Waals surface area contributed by atoms with Crippen LogP contribution in [-0.4, -0.2) is 42.8 Å². The summed E-state index contributed by atoms with van der Waals surface area (Å²) < 4.78 is 5.48. The van der Waals surface area contributed by atoms with Gasteiger partial charge in [0, 0.05) is 25.2 Å². The molecule has 1 fully saturated rings. The van der Waals surface area contributed by atoms with Crippen molar-refractivity contribution in [3.63, 3.8) is 0 Å². The zero-order chi connectivity index (χ0) is 12.8. The van der Waals surface area contributed by atoms with E-state index < -0.39 is 0 Å². The molecule has 3 heteroatoms. The maximum Gasteiger partial charge on any atom is 0.0695 e. The van der Waals surface area contributed by atoms with Gasteiger partial charge in [0.15, 0.2) is 0 Å². The van der Waals surface area contributed by atoms with Gasteiger partial charge in [-0.25, -0.2) is 0 Å². The molecule has 1 rings (SSSR count). The summed E-state index contributed by atoms with van der Waals surface area (Å²) in [5.41, 5.74) is 5.99. The van der Waals surface area contributed by atoms with Crippen LogP contribution in [0.2, 0.25) is 0 Å². The van der Waals surface area contributed by atoms with Crippen LogP contribution in [0.3, 0.4) is 0 Å². The topological polar surface area (TPSA) is 38.5 Å². The Balaban J connectivity index is 2.58. The maximum absolute atomic E-state index is 5.99. The molecule has 0 heterocycles. The van der Waals surface area contributed by atoms with Crippen molar-refractivity contribution in [1.29, 1.82) is 0 Å². The molecular weight excluding hydrogens is 212 g/mol. The van der Waals surface area contributed by atoms with Crippen LogP contribution in [0.25, 0.3) is 0 Å². The molecule has 0 radical (unpaired) electrons. The summed E-state index contributed by atoms with van der Waals surface area (Å²) in [6.07, 6.45) is 6.38. The van der Waals surface area contributed by atoms with Crippen molar-refractivity contribution in [1.82, 2.24) is 4.90 Å². The molecule has 1 saturated carbocycles. The van der Waals surface area contributed by atoms with Gasteiger partial charge in [-0.2, -0.15) is 0 Å². The van der Waals surface area contributed by atoms with Gasteiger partial charge in [0.1, 0.15) is 0 Å². The zero-order valence-electron chi connectivity index (χ0n) is 12.0. The molecule has 1 aliphatic carbocycles. The van der Waals surface area contributed by atoms with Gasteiger partial charge in [-0.1, -0.05) is 6.92 Å². The van der Waals surface area contributed by atoms with Crippen molar-refractivity contribution in [3.8, 4) is 0 Å². The van der Waals surface area contributed by atoms with Crippen LogP contribution in [-0.2, 0) is 4.74 Å². The third kappa shape index (κ3) is 4.23. The van der Waals surface area contributed by atoms with E-state index in [0.29, 0.717) is 24.2 Å². The monoisotopic (exact) mass is 242 g/mol. The van der Waals surface area contributed by atoms with Gasteiger partial charge in [-0.05, 0) is 52.5 Å². The highest BCUT2D eigenvalue weighted by atomic mass is 16.5. The van der Waals surface area contributed by atoms with Crippen LogP contribution < -0.4 is 5.73 Å². The van der Waals surface area contributed by atoms with Gasteiger partial charge in [0.25, 0.3) is 0 Å². The quantitative estimate of drug-likeness (QED) is 0.777. The van der Waals surface area contributed by atoms with Gasteiger partial charge in [-0.3, -0.25) is 4.90 Å². The van der Waals surface area contributed by atoms with Gasteiger partial charge >= 0.3 is 0 Å². The highest BCUT2D eigenvalue weighted by Crippen LogP contribution is 2.25. The lowest BCUT2D eigenvalue weighted by atomic mass is 9.89. The van der Waals surface area contributed by atoms with Crippen molar-refractivity contribution >= 4 is 0 Å². The predicted molar refractivity (Wildman–Crippen MR) is 73.2 cm³/mol. The lowest BCUT2D eigenvalue weighted by Crippen LogP contribution is -2.49. The number of hydrogen-bond acceptors (Lipinski definition) is 3. The highest BCUT2D eigenvalue weighted by Gasteiger charge is 2.29. The summed E-state index contributed by atoms with van der Waals surface area (Å²) in [7, 11) is 1.81. The van der Waals surface area contributed by atoms with E-state index in [2.05, 4.69) is 25.7 Å². The summed E-state index contributed by atoms with van der Waals surface area (Å²) in [5.74, 6) is 0. The van der Waals surface area contributed by atoms with Crippen LogP contribution in [0.15, 0.2) is 0 Å². The molecule has 0 bridgehead atoms. The lowest BCUT2D eigenvalue weighted by molar-refractivity contribution is 0.00455. The second-order valence-electron chi connectivity index (χ2n) is 5.49. The second kappa shape index (κ2) is 7.34. The van der Waals surface area contributed by atoms with Crippen LogP contribution in [0.5, 0.6) is 0 Å². The molecule has 1 aliphatic rings. The van der Waals surface area contributed by atoms with Gasteiger partial charge in [-0.15, -0.1) is 0 Å². The minimum Gasteiger partial charge on any atom is -0.380 e. The Bertz CT molecular complexity index is 202. The van der Waals surface area contributed by atoms with E-state index in [0.717, 1.165) is 0 Å². The van der Waals surface area contributed by atoms with E-state index in [1.54, 1.807) is 0 Å². The molecule has 102 valence electrons. The second-order valence-corrected chi connectivity index (χ2v) is 5.49. The lowest BCUT2D eigenvalue weighted by Gasteiger charge is -2.41. The first-order valence-electron chi connectivity index (χ1n) is 7.14. The summed E-state index contributed by atoms with van der Waals surface area (Å²) in [6, 6.07) is 1.64. The van der Waals surface area contributed by atoms with E-state index in [1.807, 2.05) is 7.11 Å². The highest BCUT2D eigenvalue weighted by molar-refractivity contribution is 4.85. The molecule has 0 spiro atoms. The Hall–Kier alpha value is -0.120. The largest absolute Gasteiger partial charge is 0.380 e. The van der Waals surface area contributed by atoms with Gasteiger partial charge < -0.3 is 10.5 Å². The number of nitrogens with zero attached hydrogens (tertiary/aromatic N) is 1. The molecule has 2 atom stereocenters. The average molecular weight is 242 g/mol. The Morgan fingerprint density at radius 2 is 1.82 bits per heavy atom. The number of methoxy groups -OCH3 is 1. The minimum absolute atomic E-state index is 0.303. The summed E-state index contributed by atoms with van der Waals surface area (Å²) in [6.45, 7) is 7.89. The van der Waals surface area contributed by atoms with Crippen LogP contribution >= 0.6 is 0 Å². The van der Waals surface area contributed by atoms with E-state index >= 15 is 0 Å². The molecule has 3 nitrogen and oxygen atoms in total. The zero-order valence-corrected chi connectivity index (χ0v) is 12.0. The van der Waals surface area contributed by atoms with Crippen LogP contribution in [0.4, 0.5) is 0 Å². The fourth-order valence-corrected chi connectivity index (χ4v) is 2.88. The van der Waals surface area contributed by atoms with E-state index in [9.17, 15) is 0 Å². The molecule has 2 unspecified atom stereocenters. The average Bonchev–Trinajstić information content (AvgIpc) is 2.35. The van der Waals surface area contributed by atoms with E-state index in [4.69, 9.17) is 10.5 Å². The molecular formula is C14H30N2O. The third-order valence-corrected chi connectivity index (χ3v) is 4.27. The standard InChI is InChI=1S/C14H30N2O/c1-5-10-16(11(2)12(3)17-4)14-8-6-13(15)7-9-14/h11-14H,5-10,15H2,1-4H3. The predicted octanol–water partition coefficient (Wildman–Crippen LogP) is 2.39. The Labute approximate surface area is 107 Å². The molecule has 0 aliphatic heterocycles. The van der Waals surface area contributed by atoms with Crippen LogP contribution in [0.1, 0.15) is 52.9 Å². The van der Waals surface area contributed by atoms with Crippen LogP contribution in [0, 0.1) is 0 Å². The van der Waals surface area contributed by atoms with Crippen molar-refractivity contribution in [2.45, 2.75) is 77.1 Å². The Kier molecular flexibility index (Phi) is 6.45. The Morgan fingerprint density at radius 1 is 1.24 bits per heavy atom. The molecule has 0 saturated heterocycles. The summed E-state index contributed by atoms with van der Waals surface area (Å²) >= 11 is 0. The van der Waals surface area contributed by atoms with E-state index in [-0.39, 0.29) is 0 Å².